The van der Waals surface area contributed by atoms with Gasteiger partial charge in [-0.15, -0.1) is 0 Å². The van der Waals surface area contributed by atoms with Gasteiger partial charge in [-0.3, -0.25) is 9.69 Å². The number of carbonyl (C=O) groups excluding carboxylic acids is 1. The first kappa shape index (κ1) is 15.3. The molecule has 118 valence electrons. The Balaban J connectivity index is 1.72. The number of aryl methyl sites for hydroxylation is 1. The van der Waals surface area contributed by atoms with E-state index in [0.29, 0.717) is 25.2 Å². The van der Waals surface area contributed by atoms with E-state index < -0.39 is 0 Å². The maximum atomic E-state index is 12.5. The predicted octanol–water partition coefficient (Wildman–Crippen LogP) is 1.53. The lowest BCUT2D eigenvalue weighted by Gasteiger charge is -2.39. The van der Waals surface area contributed by atoms with Crippen LogP contribution in [0.15, 0.2) is 36.7 Å². The van der Waals surface area contributed by atoms with Gasteiger partial charge < -0.3 is 9.47 Å². The Kier molecular flexibility index (Phi) is 4.13. The average molecular weight is 309 g/mol. The van der Waals surface area contributed by atoms with Gasteiger partial charge in [0.15, 0.2) is 0 Å². The molecule has 1 aromatic carbocycles. The van der Waals surface area contributed by atoms with Crippen molar-refractivity contribution in [2.45, 2.75) is 19.5 Å². The molecule has 0 aliphatic carbocycles. The smallest absolute Gasteiger partial charge is 0.241 e. The highest BCUT2D eigenvalue weighted by molar-refractivity contribution is 5.95. The summed E-state index contributed by atoms with van der Waals surface area (Å²) >= 11 is 0. The average Bonchev–Trinajstić information content (AvgIpc) is 2.96. The number of nitriles is 1. The molecule has 6 heteroatoms. The van der Waals surface area contributed by atoms with Crippen molar-refractivity contribution in [2.75, 3.05) is 18.0 Å². The number of imidazole rings is 1. The van der Waals surface area contributed by atoms with Crippen molar-refractivity contribution >= 4 is 11.6 Å². The molecule has 0 bridgehead atoms. The lowest BCUT2D eigenvalue weighted by atomic mass is 10.1. The van der Waals surface area contributed by atoms with Crippen LogP contribution in [0.25, 0.3) is 0 Å². The van der Waals surface area contributed by atoms with Gasteiger partial charge in [0.2, 0.25) is 5.91 Å². The van der Waals surface area contributed by atoms with Crippen LogP contribution in [0.5, 0.6) is 0 Å². The third kappa shape index (κ3) is 3.10. The van der Waals surface area contributed by atoms with E-state index in [1.807, 2.05) is 29.9 Å². The van der Waals surface area contributed by atoms with Crippen molar-refractivity contribution in [3.63, 3.8) is 0 Å². The fourth-order valence-corrected chi connectivity index (χ4v) is 2.80. The predicted molar refractivity (Wildman–Crippen MR) is 86.6 cm³/mol. The van der Waals surface area contributed by atoms with Crippen LogP contribution < -0.4 is 4.90 Å². The van der Waals surface area contributed by atoms with Gasteiger partial charge in [-0.2, -0.15) is 5.26 Å². The number of anilines is 1. The van der Waals surface area contributed by atoms with Crippen molar-refractivity contribution < 1.29 is 4.79 Å². The summed E-state index contributed by atoms with van der Waals surface area (Å²) in [5.74, 6) is 1.03. The first-order valence-corrected chi connectivity index (χ1v) is 7.59. The van der Waals surface area contributed by atoms with E-state index in [-0.39, 0.29) is 11.9 Å². The molecule has 1 amide bonds. The zero-order chi connectivity index (χ0) is 16.4. The van der Waals surface area contributed by atoms with E-state index in [2.05, 4.69) is 22.9 Å². The highest BCUT2D eigenvalue weighted by Gasteiger charge is 2.30. The second kappa shape index (κ2) is 6.23. The number of aromatic nitrogens is 2. The summed E-state index contributed by atoms with van der Waals surface area (Å²) in [4.78, 5) is 20.8. The minimum absolute atomic E-state index is 0.0713. The first-order valence-electron chi connectivity index (χ1n) is 7.59. The van der Waals surface area contributed by atoms with E-state index in [9.17, 15) is 4.79 Å². The Hall–Kier alpha value is -2.65. The second-order valence-electron chi connectivity index (χ2n) is 5.87. The van der Waals surface area contributed by atoms with Crippen molar-refractivity contribution in [3.8, 4) is 6.07 Å². The molecule has 2 aromatic rings. The summed E-state index contributed by atoms with van der Waals surface area (Å²) in [5.41, 5.74) is 1.44. The highest BCUT2D eigenvalue weighted by Crippen LogP contribution is 2.21. The van der Waals surface area contributed by atoms with Crippen molar-refractivity contribution in [3.05, 3.63) is 48.0 Å². The maximum absolute atomic E-state index is 12.5. The number of hydrogen-bond acceptors (Lipinski definition) is 4. The van der Waals surface area contributed by atoms with Gasteiger partial charge in [0, 0.05) is 37.7 Å². The number of nitrogens with zero attached hydrogens (tertiary/aromatic N) is 5. The molecular weight excluding hydrogens is 290 g/mol. The van der Waals surface area contributed by atoms with Gasteiger partial charge >= 0.3 is 0 Å². The van der Waals surface area contributed by atoms with Gasteiger partial charge in [-0.05, 0) is 31.2 Å². The van der Waals surface area contributed by atoms with E-state index in [1.54, 1.807) is 23.2 Å². The van der Waals surface area contributed by atoms with Gasteiger partial charge in [0.25, 0.3) is 0 Å². The molecule has 1 aliphatic rings. The monoisotopic (exact) mass is 309 g/mol. The lowest BCUT2D eigenvalue weighted by Crippen LogP contribution is -2.55. The van der Waals surface area contributed by atoms with Crippen molar-refractivity contribution in [1.29, 1.82) is 5.26 Å². The lowest BCUT2D eigenvalue weighted by molar-refractivity contribution is -0.122. The molecular formula is C17H19N5O. The molecule has 1 unspecified atom stereocenters. The number of benzene rings is 1. The van der Waals surface area contributed by atoms with Crippen LogP contribution in [0.4, 0.5) is 5.69 Å². The van der Waals surface area contributed by atoms with Crippen molar-refractivity contribution in [1.82, 2.24) is 14.5 Å². The Morgan fingerprint density at radius 3 is 2.70 bits per heavy atom. The molecule has 1 saturated heterocycles. The van der Waals surface area contributed by atoms with Crippen LogP contribution in [0.3, 0.4) is 0 Å². The molecule has 1 aliphatic heterocycles. The Morgan fingerprint density at radius 1 is 1.35 bits per heavy atom. The topological polar surface area (TPSA) is 65.2 Å². The molecule has 0 N–H and O–H groups in total. The Labute approximate surface area is 135 Å². The van der Waals surface area contributed by atoms with Crippen molar-refractivity contribution in [2.24, 2.45) is 7.05 Å². The quantitative estimate of drug-likeness (QED) is 0.862. The standard InChI is InChI=1S/C17H19N5O/c1-13-10-22(15-5-3-14(9-18)4-6-15)17(23)12-21(13)11-16-19-7-8-20(16)2/h3-8,13H,10-12H2,1-2H3. The van der Waals surface area contributed by atoms with E-state index in [0.717, 1.165) is 11.5 Å². The van der Waals surface area contributed by atoms with Gasteiger partial charge in [-0.25, -0.2) is 4.98 Å². The van der Waals surface area contributed by atoms with Gasteiger partial charge in [0.1, 0.15) is 5.82 Å². The zero-order valence-corrected chi connectivity index (χ0v) is 13.3. The molecule has 0 saturated carbocycles. The molecule has 0 radical (unpaired) electrons. The number of rotatable bonds is 3. The third-order valence-electron chi connectivity index (χ3n) is 4.28. The zero-order valence-electron chi connectivity index (χ0n) is 13.3. The normalized spacial score (nSPS) is 18.9. The van der Waals surface area contributed by atoms with Gasteiger partial charge in [-0.1, -0.05) is 0 Å². The second-order valence-corrected chi connectivity index (χ2v) is 5.87. The Bertz CT molecular complexity index is 743. The summed E-state index contributed by atoms with van der Waals surface area (Å²) in [7, 11) is 1.96. The van der Waals surface area contributed by atoms with Crippen LogP contribution in [0, 0.1) is 11.3 Å². The number of carbonyl (C=O) groups is 1. The summed E-state index contributed by atoms with van der Waals surface area (Å²) < 4.78 is 1.98. The summed E-state index contributed by atoms with van der Waals surface area (Å²) in [6.45, 7) is 3.78. The minimum atomic E-state index is 0.0713. The molecule has 1 fully saturated rings. The summed E-state index contributed by atoms with van der Waals surface area (Å²) in [6, 6.07) is 9.48. The molecule has 6 nitrogen and oxygen atoms in total. The SMILES string of the molecule is CC1CN(c2ccc(C#N)cc2)C(=O)CN1Cc1nccn1C. The molecule has 1 atom stereocenters. The number of hydrogen-bond donors (Lipinski definition) is 0. The molecule has 3 rings (SSSR count). The van der Waals surface area contributed by atoms with E-state index >= 15 is 0 Å². The largest absolute Gasteiger partial charge is 0.337 e. The fourth-order valence-electron chi connectivity index (χ4n) is 2.80. The number of piperazine rings is 1. The molecule has 0 spiro atoms. The minimum Gasteiger partial charge on any atom is -0.337 e. The van der Waals surface area contributed by atoms with E-state index in [4.69, 9.17) is 5.26 Å². The van der Waals surface area contributed by atoms with Crippen LogP contribution >= 0.6 is 0 Å². The van der Waals surface area contributed by atoms with Gasteiger partial charge in [0.05, 0.1) is 24.7 Å². The maximum Gasteiger partial charge on any atom is 0.241 e. The first-order chi connectivity index (χ1) is 11.1. The molecule has 23 heavy (non-hydrogen) atoms. The van der Waals surface area contributed by atoms with Crippen LogP contribution in [0.1, 0.15) is 18.3 Å². The van der Waals surface area contributed by atoms with Crippen LogP contribution in [-0.4, -0.2) is 39.5 Å². The number of amides is 1. The molecule has 1 aromatic heterocycles. The van der Waals surface area contributed by atoms with E-state index in [1.165, 1.54) is 0 Å². The highest BCUT2D eigenvalue weighted by atomic mass is 16.2. The Morgan fingerprint density at radius 2 is 2.09 bits per heavy atom. The molecule has 2 heterocycles. The van der Waals surface area contributed by atoms with Crippen LogP contribution in [0.2, 0.25) is 0 Å². The fraction of sp³-hybridized carbons (Fsp3) is 0.353. The summed E-state index contributed by atoms with van der Waals surface area (Å²) in [6.07, 6.45) is 3.68. The summed E-state index contributed by atoms with van der Waals surface area (Å²) in [5, 5.41) is 8.87. The van der Waals surface area contributed by atoms with Crippen LogP contribution in [-0.2, 0) is 18.4 Å². The third-order valence-corrected chi connectivity index (χ3v) is 4.28.